The molecule has 3 aliphatic rings. The van der Waals surface area contributed by atoms with E-state index in [1.54, 1.807) is 0 Å². The number of likely N-dealkylation sites (N-methyl/N-ethyl adjacent to an activating group) is 1. The highest BCUT2D eigenvalue weighted by molar-refractivity contribution is 4.75. The van der Waals surface area contributed by atoms with Crippen LogP contribution in [-0.4, -0.2) is 98.1 Å². The van der Waals surface area contributed by atoms with Crippen molar-refractivity contribution >= 4 is 0 Å². The number of piperazine rings is 1. The SMILES string of the molecule is CC(C)N1CCCN2CCN(CCN(C)CC1)CC2. The average molecular weight is 268 g/mol. The zero-order chi connectivity index (χ0) is 13.7. The van der Waals surface area contributed by atoms with Gasteiger partial charge in [0.25, 0.3) is 0 Å². The van der Waals surface area contributed by atoms with Crippen LogP contribution in [-0.2, 0) is 0 Å². The molecule has 0 aromatic rings. The monoisotopic (exact) mass is 268 g/mol. The summed E-state index contributed by atoms with van der Waals surface area (Å²) in [6.45, 7) is 17.1. The molecular weight excluding hydrogens is 236 g/mol. The van der Waals surface area contributed by atoms with Crippen LogP contribution in [0.3, 0.4) is 0 Å². The van der Waals surface area contributed by atoms with Gasteiger partial charge in [-0.25, -0.2) is 0 Å². The third kappa shape index (κ3) is 5.03. The summed E-state index contributed by atoms with van der Waals surface area (Å²) in [5, 5.41) is 0. The van der Waals surface area contributed by atoms with Crippen molar-refractivity contribution in [3.8, 4) is 0 Å². The summed E-state index contributed by atoms with van der Waals surface area (Å²) in [5.41, 5.74) is 0. The Kier molecular flexibility index (Phi) is 6.07. The molecule has 3 heterocycles. The molecule has 3 saturated heterocycles. The number of nitrogens with zero attached hydrogens (tertiary/aromatic N) is 4. The van der Waals surface area contributed by atoms with Gasteiger partial charge in [0.1, 0.15) is 0 Å². The Hall–Kier alpha value is -0.160. The smallest absolute Gasteiger partial charge is 0.0112 e. The minimum absolute atomic E-state index is 0.675. The zero-order valence-corrected chi connectivity index (χ0v) is 13.1. The molecule has 0 N–H and O–H groups in total. The largest absolute Gasteiger partial charge is 0.304 e. The molecule has 0 amide bonds. The summed E-state index contributed by atoms with van der Waals surface area (Å²) in [6, 6.07) is 0.675. The van der Waals surface area contributed by atoms with E-state index >= 15 is 0 Å². The first kappa shape index (κ1) is 15.2. The maximum absolute atomic E-state index is 2.65. The lowest BCUT2D eigenvalue weighted by Crippen LogP contribution is -2.48. The lowest BCUT2D eigenvalue weighted by Gasteiger charge is -2.35. The van der Waals surface area contributed by atoms with Crippen molar-refractivity contribution in [3.63, 3.8) is 0 Å². The van der Waals surface area contributed by atoms with Crippen molar-refractivity contribution in [2.45, 2.75) is 26.3 Å². The van der Waals surface area contributed by atoms with Crippen molar-refractivity contribution in [1.29, 1.82) is 0 Å². The molecule has 0 saturated carbocycles. The topological polar surface area (TPSA) is 13.0 Å². The quantitative estimate of drug-likeness (QED) is 0.692. The minimum atomic E-state index is 0.675. The number of hydrogen-bond donors (Lipinski definition) is 0. The van der Waals surface area contributed by atoms with Crippen LogP contribution in [0.4, 0.5) is 0 Å². The van der Waals surface area contributed by atoms with E-state index in [0.29, 0.717) is 6.04 Å². The number of hydrogen-bond acceptors (Lipinski definition) is 4. The standard InChI is InChI=1S/C15H32N4/c1-15(2)19-6-4-5-17-10-12-18(13-11-17)9-7-16(3)8-14-19/h15H,4-14H2,1-3H3. The molecule has 4 nitrogen and oxygen atoms in total. The van der Waals surface area contributed by atoms with E-state index in [4.69, 9.17) is 0 Å². The van der Waals surface area contributed by atoms with Crippen LogP contribution in [0.1, 0.15) is 20.3 Å². The summed E-state index contributed by atoms with van der Waals surface area (Å²) in [5.74, 6) is 0. The fraction of sp³-hybridized carbons (Fsp3) is 1.00. The molecule has 4 heteroatoms. The van der Waals surface area contributed by atoms with E-state index in [9.17, 15) is 0 Å². The van der Waals surface area contributed by atoms with Gasteiger partial charge in [0.15, 0.2) is 0 Å². The molecule has 0 radical (unpaired) electrons. The first-order chi connectivity index (χ1) is 9.15. The lowest BCUT2D eigenvalue weighted by atomic mass is 10.2. The lowest BCUT2D eigenvalue weighted by molar-refractivity contribution is 0.123. The Bertz CT molecular complexity index is 249. The van der Waals surface area contributed by atoms with Gasteiger partial charge in [-0.15, -0.1) is 0 Å². The second-order valence-corrected chi connectivity index (χ2v) is 6.47. The molecule has 0 atom stereocenters. The van der Waals surface area contributed by atoms with Crippen LogP contribution in [0.2, 0.25) is 0 Å². The molecule has 3 fully saturated rings. The minimum Gasteiger partial charge on any atom is -0.304 e. The van der Waals surface area contributed by atoms with Gasteiger partial charge in [-0.3, -0.25) is 9.80 Å². The van der Waals surface area contributed by atoms with Gasteiger partial charge < -0.3 is 9.80 Å². The highest BCUT2D eigenvalue weighted by atomic mass is 15.3. The number of rotatable bonds is 1. The van der Waals surface area contributed by atoms with Crippen LogP contribution >= 0.6 is 0 Å². The Morgan fingerprint density at radius 1 is 0.632 bits per heavy atom. The van der Waals surface area contributed by atoms with Gasteiger partial charge in [-0.05, 0) is 40.4 Å². The average Bonchev–Trinajstić information content (AvgIpc) is 2.42. The van der Waals surface area contributed by atoms with Gasteiger partial charge in [0.2, 0.25) is 0 Å². The molecule has 0 spiro atoms. The van der Waals surface area contributed by atoms with Gasteiger partial charge in [-0.1, -0.05) is 0 Å². The highest BCUT2D eigenvalue weighted by Crippen LogP contribution is 2.06. The second-order valence-electron chi connectivity index (χ2n) is 6.47. The Labute approximate surface area is 119 Å². The van der Waals surface area contributed by atoms with E-state index in [0.717, 1.165) is 0 Å². The summed E-state index contributed by atoms with van der Waals surface area (Å²) in [7, 11) is 2.27. The summed E-state index contributed by atoms with van der Waals surface area (Å²) in [4.78, 5) is 10.4. The molecular formula is C15H32N4. The van der Waals surface area contributed by atoms with Crippen LogP contribution in [0, 0.1) is 0 Å². The third-order valence-electron chi connectivity index (χ3n) is 4.68. The predicted molar refractivity (Wildman–Crippen MR) is 81.7 cm³/mol. The van der Waals surface area contributed by atoms with E-state index in [1.807, 2.05) is 0 Å². The van der Waals surface area contributed by atoms with Gasteiger partial charge in [-0.2, -0.15) is 0 Å². The van der Waals surface area contributed by atoms with Gasteiger partial charge >= 0.3 is 0 Å². The third-order valence-corrected chi connectivity index (χ3v) is 4.68. The summed E-state index contributed by atoms with van der Waals surface area (Å²) < 4.78 is 0. The van der Waals surface area contributed by atoms with Crippen molar-refractivity contribution < 1.29 is 0 Å². The van der Waals surface area contributed by atoms with Crippen LogP contribution in [0.15, 0.2) is 0 Å². The Morgan fingerprint density at radius 3 is 1.79 bits per heavy atom. The molecule has 3 rings (SSSR count). The Morgan fingerprint density at radius 2 is 1.16 bits per heavy atom. The Balaban J connectivity index is 1.90. The van der Waals surface area contributed by atoms with E-state index in [2.05, 4.69) is 40.5 Å². The van der Waals surface area contributed by atoms with Crippen molar-refractivity contribution in [2.24, 2.45) is 0 Å². The molecule has 19 heavy (non-hydrogen) atoms. The van der Waals surface area contributed by atoms with Crippen LogP contribution in [0.5, 0.6) is 0 Å². The molecule has 3 aliphatic heterocycles. The van der Waals surface area contributed by atoms with E-state index in [1.165, 1.54) is 71.9 Å². The molecule has 0 aliphatic carbocycles. The zero-order valence-electron chi connectivity index (χ0n) is 13.1. The maximum atomic E-state index is 2.65. The highest BCUT2D eigenvalue weighted by Gasteiger charge is 2.18. The van der Waals surface area contributed by atoms with Gasteiger partial charge in [0.05, 0.1) is 0 Å². The molecule has 112 valence electrons. The fourth-order valence-electron chi connectivity index (χ4n) is 3.09. The maximum Gasteiger partial charge on any atom is 0.0112 e. The summed E-state index contributed by atoms with van der Waals surface area (Å²) >= 11 is 0. The molecule has 0 unspecified atom stereocenters. The van der Waals surface area contributed by atoms with E-state index in [-0.39, 0.29) is 0 Å². The molecule has 0 aromatic carbocycles. The summed E-state index contributed by atoms with van der Waals surface area (Å²) in [6.07, 6.45) is 1.32. The molecule has 2 bridgehead atoms. The van der Waals surface area contributed by atoms with E-state index < -0.39 is 0 Å². The number of fused-ring (bicyclic) bond motifs is 10. The first-order valence-corrected chi connectivity index (χ1v) is 8.02. The molecule has 0 aromatic heterocycles. The fourth-order valence-corrected chi connectivity index (χ4v) is 3.09. The van der Waals surface area contributed by atoms with Crippen LogP contribution in [0.25, 0.3) is 0 Å². The van der Waals surface area contributed by atoms with Crippen molar-refractivity contribution in [2.75, 3.05) is 72.5 Å². The van der Waals surface area contributed by atoms with Gasteiger partial charge in [0, 0.05) is 58.4 Å². The predicted octanol–water partition coefficient (Wildman–Crippen LogP) is 0.650. The second kappa shape index (κ2) is 7.58. The first-order valence-electron chi connectivity index (χ1n) is 8.02. The van der Waals surface area contributed by atoms with Crippen molar-refractivity contribution in [3.05, 3.63) is 0 Å². The normalized spacial score (nSPS) is 32.8. The van der Waals surface area contributed by atoms with Crippen molar-refractivity contribution in [1.82, 2.24) is 19.6 Å². The van der Waals surface area contributed by atoms with Crippen LogP contribution < -0.4 is 0 Å².